The maximum absolute atomic E-state index is 12.1. The molecule has 0 aliphatic carbocycles. The van der Waals surface area contributed by atoms with E-state index < -0.39 is 5.97 Å². The van der Waals surface area contributed by atoms with Gasteiger partial charge in [0.1, 0.15) is 4.32 Å². The van der Waals surface area contributed by atoms with Crippen molar-refractivity contribution < 1.29 is 14.7 Å². The van der Waals surface area contributed by atoms with Crippen molar-refractivity contribution in [2.45, 2.75) is 13.3 Å². The van der Waals surface area contributed by atoms with E-state index in [1.54, 1.807) is 23.1 Å². The molecule has 0 saturated carbocycles. The van der Waals surface area contributed by atoms with Crippen LogP contribution in [0.3, 0.4) is 0 Å². The molecule has 20 heavy (non-hydrogen) atoms. The average molecular weight is 307 g/mol. The largest absolute Gasteiger partial charge is 0.478 e. The number of benzene rings is 1. The zero-order valence-corrected chi connectivity index (χ0v) is 12.5. The van der Waals surface area contributed by atoms with Crippen molar-refractivity contribution in [1.29, 1.82) is 0 Å². The molecule has 1 aromatic carbocycles. The van der Waals surface area contributed by atoms with Crippen molar-refractivity contribution in [1.82, 2.24) is 4.90 Å². The Morgan fingerprint density at radius 3 is 2.60 bits per heavy atom. The summed E-state index contributed by atoms with van der Waals surface area (Å²) in [6.07, 6.45) is 2.59. The molecule has 0 spiro atoms. The van der Waals surface area contributed by atoms with E-state index in [0.29, 0.717) is 15.8 Å². The van der Waals surface area contributed by atoms with Crippen molar-refractivity contribution in [2.75, 3.05) is 6.54 Å². The summed E-state index contributed by atoms with van der Waals surface area (Å²) in [6, 6.07) is 6.38. The van der Waals surface area contributed by atoms with E-state index in [-0.39, 0.29) is 11.5 Å². The molecule has 2 rings (SSSR count). The highest BCUT2D eigenvalue weighted by atomic mass is 32.2. The molecule has 1 aromatic rings. The monoisotopic (exact) mass is 307 g/mol. The SMILES string of the molecule is CCCN1C(=O)/C(=C\c2ccc(C(=O)O)cc2)SC1=S. The molecule has 0 bridgehead atoms. The van der Waals surface area contributed by atoms with Crippen molar-refractivity contribution in [3.63, 3.8) is 0 Å². The van der Waals surface area contributed by atoms with Crippen LogP contribution in [-0.4, -0.2) is 32.7 Å². The van der Waals surface area contributed by atoms with Crippen molar-refractivity contribution in [3.05, 3.63) is 40.3 Å². The number of nitrogens with zero attached hydrogens (tertiary/aromatic N) is 1. The van der Waals surface area contributed by atoms with Gasteiger partial charge in [-0.2, -0.15) is 0 Å². The summed E-state index contributed by atoms with van der Waals surface area (Å²) in [5.74, 6) is -1.05. The van der Waals surface area contributed by atoms with Gasteiger partial charge in [-0.25, -0.2) is 4.79 Å². The fraction of sp³-hybridized carbons (Fsp3) is 0.214. The summed E-state index contributed by atoms with van der Waals surface area (Å²) >= 11 is 6.46. The first-order valence-electron chi connectivity index (χ1n) is 6.11. The van der Waals surface area contributed by atoms with Crippen LogP contribution in [0, 0.1) is 0 Å². The molecule has 104 valence electrons. The number of thioether (sulfide) groups is 1. The molecule has 1 saturated heterocycles. The van der Waals surface area contributed by atoms with E-state index in [1.165, 1.54) is 23.9 Å². The number of carbonyl (C=O) groups excluding carboxylic acids is 1. The standard InChI is InChI=1S/C14H13NO3S2/c1-2-7-15-12(16)11(20-14(15)19)8-9-3-5-10(6-4-9)13(17)18/h3-6,8H,2,7H2,1H3,(H,17,18)/b11-8+. The molecule has 1 heterocycles. The maximum atomic E-state index is 12.1. The van der Waals surface area contributed by atoms with Crippen LogP contribution < -0.4 is 0 Å². The third-order valence-electron chi connectivity index (χ3n) is 2.78. The maximum Gasteiger partial charge on any atom is 0.335 e. The summed E-state index contributed by atoms with van der Waals surface area (Å²) in [5, 5.41) is 8.83. The highest BCUT2D eigenvalue weighted by Crippen LogP contribution is 2.32. The lowest BCUT2D eigenvalue weighted by atomic mass is 10.1. The number of carbonyl (C=O) groups is 2. The Bertz CT molecular complexity index is 593. The van der Waals surface area contributed by atoms with Gasteiger partial charge in [0.15, 0.2) is 0 Å². The van der Waals surface area contributed by atoms with Gasteiger partial charge in [0.05, 0.1) is 10.5 Å². The van der Waals surface area contributed by atoms with E-state index in [1.807, 2.05) is 6.92 Å². The molecule has 0 aromatic heterocycles. The molecule has 1 aliphatic rings. The Kier molecular flexibility index (Phi) is 4.57. The third kappa shape index (κ3) is 3.08. The fourth-order valence-electron chi connectivity index (χ4n) is 1.79. The molecule has 0 radical (unpaired) electrons. The predicted octanol–water partition coefficient (Wildman–Crippen LogP) is 3.00. The second-order valence-corrected chi connectivity index (χ2v) is 5.94. The van der Waals surface area contributed by atoms with E-state index >= 15 is 0 Å². The molecule has 4 nitrogen and oxygen atoms in total. The minimum atomic E-state index is -0.967. The van der Waals surface area contributed by atoms with Gasteiger partial charge in [-0.1, -0.05) is 43.0 Å². The third-order valence-corrected chi connectivity index (χ3v) is 4.15. The summed E-state index contributed by atoms with van der Waals surface area (Å²) in [4.78, 5) is 25.1. The van der Waals surface area contributed by atoms with Gasteiger partial charge in [-0.05, 0) is 30.2 Å². The second-order valence-electron chi connectivity index (χ2n) is 4.26. The van der Waals surface area contributed by atoms with Crippen molar-refractivity contribution >= 4 is 46.3 Å². The minimum absolute atomic E-state index is 0.0795. The van der Waals surface area contributed by atoms with Crippen LogP contribution in [-0.2, 0) is 4.79 Å². The van der Waals surface area contributed by atoms with Gasteiger partial charge < -0.3 is 5.11 Å². The lowest BCUT2D eigenvalue weighted by Crippen LogP contribution is -2.28. The predicted molar refractivity (Wildman–Crippen MR) is 83.6 cm³/mol. The summed E-state index contributed by atoms with van der Waals surface area (Å²) in [7, 11) is 0. The molecular weight excluding hydrogens is 294 g/mol. The van der Waals surface area contributed by atoms with Crippen LogP contribution in [0.2, 0.25) is 0 Å². The number of carboxylic acids is 1. The molecule has 0 unspecified atom stereocenters. The molecule has 1 fully saturated rings. The fourth-order valence-corrected chi connectivity index (χ4v) is 3.10. The molecule has 1 aliphatic heterocycles. The number of hydrogen-bond donors (Lipinski definition) is 1. The average Bonchev–Trinajstić information content (AvgIpc) is 2.67. The smallest absolute Gasteiger partial charge is 0.335 e. The van der Waals surface area contributed by atoms with Crippen molar-refractivity contribution in [3.8, 4) is 0 Å². The Labute approximate surface area is 126 Å². The van der Waals surface area contributed by atoms with Gasteiger partial charge in [0, 0.05) is 6.54 Å². The normalized spacial score (nSPS) is 17.1. The van der Waals surface area contributed by atoms with E-state index in [0.717, 1.165) is 12.0 Å². The van der Waals surface area contributed by atoms with E-state index in [2.05, 4.69) is 0 Å². The quantitative estimate of drug-likeness (QED) is 0.684. The first-order valence-corrected chi connectivity index (χ1v) is 7.34. The van der Waals surface area contributed by atoms with Crippen molar-refractivity contribution in [2.24, 2.45) is 0 Å². The molecule has 0 atom stereocenters. The van der Waals surface area contributed by atoms with Crippen LogP contribution in [0.1, 0.15) is 29.3 Å². The van der Waals surface area contributed by atoms with Gasteiger partial charge >= 0.3 is 5.97 Å². The number of amides is 1. The summed E-state index contributed by atoms with van der Waals surface area (Å²) in [5.41, 5.74) is 1.01. The zero-order chi connectivity index (χ0) is 14.7. The molecule has 1 N–H and O–H groups in total. The number of hydrogen-bond acceptors (Lipinski definition) is 4. The lowest BCUT2D eigenvalue weighted by Gasteiger charge is -2.11. The van der Waals surface area contributed by atoms with Gasteiger partial charge in [0.25, 0.3) is 5.91 Å². The van der Waals surface area contributed by atoms with Gasteiger partial charge in [-0.15, -0.1) is 0 Å². The number of thiocarbonyl (C=S) groups is 1. The summed E-state index contributed by atoms with van der Waals surface area (Å²) < 4.78 is 0.574. The van der Waals surface area contributed by atoms with E-state index in [4.69, 9.17) is 17.3 Å². The topological polar surface area (TPSA) is 57.6 Å². The second kappa shape index (κ2) is 6.19. The lowest BCUT2D eigenvalue weighted by molar-refractivity contribution is -0.122. The first kappa shape index (κ1) is 14.7. The van der Waals surface area contributed by atoms with Crippen LogP contribution in [0.25, 0.3) is 6.08 Å². The number of carboxylic acid groups (broad SMARTS) is 1. The number of rotatable bonds is 4. The van der Waals surface area contributed by atoms with Crippen LogP contribution in [0.5, 0.6) is 0 Å². The first-order chi connectivity index (χ1) is 9.52. The Balaban J connectivity index is 2.21. The molecular formula is C14H13NO3S2. The van der Waals surface area contributed by atoms with Crippen LogP contribution in [0.15, 0.2) is 29.2 Å². The molecule has 6 heteroatoms. The highest BCUT2D eigenvalue weighted by molar-refractivity contribution is 8.26. The van der Waals surface area contributed by atoms with Gasteiger partial charge in [-0.3, -0.25) is 9.69 Å². The van der Waals surface area contributed by atoms with E-state index in [9.17, 15) is 9.59 Å². The highest BCUT2D eigenvalue weighted by Gasteiger charge is 2.31. The Morgan fingerprint density at radius 2 is 2.05 bits per heavy atom. The Morgan fingerprint density at radius 1 is 1.40 bits per heavy atom. The number of aromatic carboxylic acids is 1. The summed E-state index contributed by atoms with van der Waals surface area (Å²) in [6.45, 7) is 2.62. The Hall–Kier alpha value is -1.66. The minimum Gasteiger partial charge on any atom is -0.478 e. The molecule has 1 amide bonds. The zero-order valence-electron chi connectivity index (χ0n) is 10.8. The van der Waals surface area contributed by atoms with Crippen LogP contribution >= 0.6 is 24.0 Å². The van der Waals surface area contributed by atoms with Gasteiger partial charge in [0.2, 0.25) is 0 Å². The van der Waals surface area contributed by atoms with Crippen LogP contribution in [0.4, 0.5) is 0 Å².